The van der Waals surface area contributed by atoms with Crippen LogP contribution in [0.3, 0.4) is 0 Å². The predicted molar refractivity (Wildman–Crippen MR) is 81.1 cm³/mol. The van der Waals surface area contributed by atoms with Gasteiger partial charge in [-0.3, -0.25) is 9.59 Å². The van der Waals surface area contributed by atoms with E-state index in [9.17, 15) is 14.7 Å². The Balaban J connectivity index is 1.95. The van der Waals surface area contributed by atoms with Crippen LogP contribution in [0.4, 0.5) is 0 Å². The van der Waals surface area contributed by atoms with E-state index in [1.165, 1.54) is 5.56 Å². The second kappa shape index (κ2) is 6.74. The van der Waals surface area contributed by atoms with Crippen LogP contribution in [0.15, 0.2) is 24.3 Å². The molecule has 0 aromatic heterocycles. The summed E-state index contributed by atoms with van der Waals surface area (Å²) in [6.07, 6.45) is 2.31. The zero-order valence-electron chi connectivity index (χ0n) is 12.6. The number of carbonyl (C=O) groups is 2. The van der Waals surface area contributed by atoms with Gasteiger partial charge in [0.05, 0.1) is 11.8 Å². The number of rotatable bonds is 6. The summed E-state index contributed by atoms with van der Waals surface area (Å²) in [6.45, 7) is 4.20. The number of hydrogen-bond donors (Lipinski definition) is 2. The number of aryl methyl sites for hydroxylation is 1. The molecule has 4 nitrogen and oxygen atoms in total. The molecular weight excluding hydrogens is 266 g/mol. The number of aliphatic carboxylic acids is 1. The van der Waals surface area contributed by atoms with Gasteiger partial charge >= 0.3 is 5.97 Å². The molecule has 1 aliphatic carbocycles. The fraction of sp³-hybridized carbons (Fsp3) is 0.529. The van der Waals surface area contributed by atoms with Crippen LogP contribution in [0.1, 0.15) is 43.7 Å². The summed E-state index contributed by atoms with van der Waals surface area (Å²) < 4.78 is 0. The molecule has 2 rings (SSSR count). The van der Waals surface area contributed by atoms with Crippen molar-refractivity contribution in [1.82, 2.24) is 5.32 Å². The Bertz CT molecular complexity index is 525. The molecular formula is C17H23NO3. The van der Waals surface area contributed by atoms with E-state index in [1.807, 2.05) is 32.0 Å². The van der Waals surface area contributed by atoms with E-state index in [0.717, 1.165) is 18.4 Å². The Labute approximate surface area is 125 Å². The Morgan fingerprint density at radius 1 is 1.33 bits per heavy atom. The topological polar surface area (TPSA) is 66.4 Å². The lowest BCUT2D eigenvalue weighted by Gasteiger charge is -2.17. The van der Waals surface area contributed by atoms with Crippen molar-refractivity contribution in [3.8, 4) is 0 Å². The van der Waals surface area contributed by atoms with E-state index in [-0.39, 0.29) is 18.4 Å². The highest BCUT2D eigenvalue weighted by Gasteiger charge is 2.29. The summed E-state index contributed by atoms with van der Waals surface area (Å²) >= 11 is 0. The minimum absolute atomic E-state index is 0.0463. The van der Waals surface area contributed by atoms with Crippen LogP contribution in [0, 0.1) is 11.8 Å². The minimum Gasteiger partial charge on any atom is -0.481 e. The molecule has 2 unspecified atom stereocenters. The number of fused-ring (bicyclic) bond motifs is 1. The molecule has 1 aromatic carbocycles. The molecule has 0 radical (unpaired) electrons. The Hall–Kier alpha value is -1.84. The first-order valence-corrected chi connectivity index (χ1v) is 7.57. The predicted octanol–water partition coefficient (Wildman–Crippen LogP) is 2.58. The second-order valence-corrected chi connectivity index (χ2v) is 6.20. The van der Waals surface area contributed by atoms with Crippen molar-refractivity contribution in [3.63, 3.8) is 0 Å². The van der Waals surface area contributed by atoms with Crippen molar-refractivity contribution >= 4 is 11.9 Å². The smallest absolute Gasteiger partial charge is 0.308 e. The first kappa shape index (κ1) is 15.5. The van der Waals surface area contributed by atoms with Crippen LogP contribution < -0.4 is 5.32 Å². The van der Waals surface area contributed by atoms with Gasteiger partial charge in [0, 0.05) is 6.54 Å². The molecule has 0 saturated carbocycles. The molecule has 1 amide bonds. The molecule has 0 heterocycles. The number of nitrogens with one attached hydrogen (secondary N) is 1. The zero-order valence-corrected chi connectivity index (χ0v) is 12.6. The van der Waals surface area contributed by atoms with E-state index < -0.39 is 11.9 Å². The number of amides is 1. The molecule has 1 aromatic rings. The maximum atomic E-state index is 12.3. The van der Waals surface area contributed by atoms with Crippen LogP contribution in [0.25, 0.3) is 0 Å². The highest BCUT2D eigenvalue weighted by Crippen LogP contribution is 2.32. The maximum Gasteiger partial charge on any atom is 0.308 e. The monoisotopic (exact) mass is 289 g/mol. The lowest BCUT2D eigenvalue weighted by Crippen LogP contribution is -2.36. The molecule has 2 N–H and O–H groups in total. The molecule has 21 heavy (non-hydrogen) atoms. The third-order valence-corrected chi connectivity index (χ3v) is 4.08. The number of benzene rings is 1. The maximum absolute atomic E-state index is 12.3. The number of carbonyl (C=O) groups excluding carboxylic acids is 1. The number of carboxylic acid groups (broad SMARTS) is 1. The third kappa shape index (κ3) is 3.84. The Kier molecular flexibility index (Phi) is 4.99. The van der Waals surface area contributed by atoms with Crippen LogP contribution in [0.2, 0.25) is 0 Å². The summed E-state index contributed by atoms with van der Waals surface area (Å²) in [5.41, 5.74) is 2.32. The molecule has 4 heteroatoms. The van der Waals surface area contributed by atoms with Crippen LogP contribution in [-0.2, 0) is 16.0 Å². The lowest BCUT2D eigenvalue weighted by atomic mass is 9.96. The molecule has 2 atom stereocenters. The quantitative estimate of drug-likeness (QED) is 0.846. The summed E-state index contributed by atoms with van der Waals surface area (Å²) in [6, 6.07) is 7.99. The normalized spacial score (nSPS) is 18.3. The van der Waals surface area contributed by atoms with Gasteiger partial charge in [-0.05, 0) is 36.3 Å². The summed E-state index contributed by atoms with van der Waals surface area (Å²) in [5.74, 6) is -1.22. The van der Waals surface area contributed by atoms with Gasteiger partial charge in [-0.2, -0.15) is 0 Å². The van der Waals surface area contributed by atoms with Gasteiger partial charge in [0.25, 0.3) is 0 Å². The summed E-state index contributed by atoms with van der Waals surface area (Å²) in [4.78, 5) is 23.5. The SMILES string of the molecule is CC(C)CC(CNC(=O)C1CCc2ccccc21)C(=O)O. The van der Waals surface area contributed by atoms with Gasteiger partial charge in [0.15, 0.2) is 0 Å². The Morgan fingerprint density at radius 2 is 2.05 bits per heavy atom. The van der Waals surface area contributed by atoms with Gasteiger partial charge in [-0.1, -0.05) is 38.1 Å². The fourth-order valence-electron chi connectivity index (χ4n) is 3.02. The molecule has 0 fully saturated rings. The molecule has 0 spiro atoms. The molecule has 0 saturated heterocycles. The van der Waals surface area contributed by atoms with Gasteiger partial charge in [-0.15, -0.1) is 0 Å². The molecule has 114 valence electrons. The standard InChI is InChI=1S/C17H23NO3/c1-11(2)9-13(17(20)21)10-18-16(19)15-8-7-12-5-3-4-6-14(12)15/h3-6,11,13,15H,7-10H2,1-2H3,(H,18,19)(H,20,21). The molecule has 0 bridgehead atoms. The average molecular weight is 289 g/mol. The van der Waals surface area contributed by atoms with Crippen LogP contribution in [0.5, 0.6) is 0 Å². The van der Waals surface area contributed by atoms with Crippen molar-refractivity contribution in [2.24, 2.45) is 11.8 Å². The van der Waals surface area contributed by atoms with E-state index in [2.05, 4.69) is 11.4 Å². The van der Waals surface area contributed by atoms with Crippen molar-refractivity contribution < 1.29 is 14.7 Å². The highest BCUT2D eigenvalue weighted by atomic mass is 16.4. The first-order valence-electron chi connectivity index (χ1n) is 7.57. The largest absolute Gasteiger partial charge is 0.481 e. The van der Waals surface area contributed by atoms with E-state index in [4.69, 9.17) is 0 Å². The van der Waals surface area contributed by atoms with Crippen LogP contribution >= 0.6 is 0 Å². The van der Waals surface area contributed by atoms with Crippen molar-refractivity contribution in [1.29, 1.82) is 0 Å². The minimum atomic E-state index is -0.837. The fourth-order valence-corrected chi connectivity index (χ4v) is 3.02. The van der Waals surface area contributed by atoms with Crippen molar-refractivity contribution in [2.75, 3.05) is 6.54 Å². The van der Waals surface area contributed by atoms with E-state index >= 15 is 0 Å². The van der Waals surface area contributed by atoms with Gasteiger partial charge in [0.2, 0.25) is 5.91 Å². The summed E-state index contributed by atoms with van der Waals surface area (Å²) in [5, 5.41) is 12.0. The van der Waals surface area contributed by atoms with Gasteiger partial charge < -0.3 is 10.4 Å². The van der Waals surface area contributed by atoms with Gasteiger partial charge in [0.1, 0.15) is 0 Å². The molecule has 0 aliphatic heterocycles. The molecule has 1 aliphatic rings. The lowest BCUT2D eigenvalue weighted by molar-refractivity contribution is -0.142. The second-order valence-electron chi connectivity index (χ2n) is 6.20. The van der Waals surface area contributed by atoms with Crippen molar-refractivity contribution in [3.05, 3.63) is 35.4 Å². The highest BCUT2D eigenvalue weighted by molar-refractivity contribution is 5.85. The zero-order chi connectivity index (χ0) is 15.4. The first-order chi connectivity index (χ1) is 9.99. The Morgan fingerprint density at radius 3 is 2.71 bits per heavy atom. The third-order valence-electron chi connectivity index (χ3n) is 4.08. The average Bonchev–Trinajstić information content (AvgIpc) is 2.86. The summed E-state index contributed by atoms with van der Waals surface area (Å²) in [7, 11) is 0. The number of hydrogen-bond acceptors (Lipinski definition) is 2. The van der Waals surface area contributed by atoms with E-state index in [0.29, 0.717) is 12.3 Å². The number of carboxylic acids is 1. The van der Waals surface area contributed by atoms with E-state index in [1.54, 1.807) is 0 Å². The van der Waals surface area contributed by atoms with Crippen molar-refractivity contribution in [2.45, 2.75) is 39.0 Å². The van der Waals surface area contributed by atoms with Crippen LogP contribution in [-0.4, -0.2) is 23.5 Å². The van der Waals surface area contributed by atoms with Gasteiger partial charge in [-0.25, -0.2) is 0 Å².